The van der Waals surface area contributed by atoms with Gasteiger partial charge < -0.3 is 10.1 Å². The van der Waals surface area contributed by atoms with Crippen molar-refractivity contribution in [2.24, 2.45) is 0 Å². The molecule has 7 heteroatoms. The summed E-state index contributed by atoms with van der Waals surface area (Å²) < 4.78 is 32.3. The summed E-state index contributed by atoms with van der Waals surface area (Å²) in [6.07, 6.45) is -0.194. The Labute approximate surface area is 172 Å². The smallest absolute Gasteiger partial charge is 0.263 e. The van der Waals surface area contributed by atoms with Crippen LogP contribution in [0.4, 0.5) is 5.69 Å². The fourth-order valence-corrected chi connectivity index (χ4v) is 4.55. The molecule has 1 heterocycles. The summed E-state index contributed by atoms with van der Waals surface area (Å²) in [7, 11) is -3.52. The number of amides is 1. The molecule has 0 unspecified atom stereocenters. The third kappa shape index (κ3) is 4.40. The number of hydrogen-bond donors (Lipinski definition) is 1. The van der Waals surface area contributed by atoms with Gasteiger partial charge in [-0.2, -0.15) is 0 Å². The first-order valence-electron chi connectivity index (χ1n) is 9.90. The van der Waals surface area contributed by atoms with Crippen molar-refractivity contribution < 1.29 is 17.9 Å². The number of carbonyl (C=O) groups is 1. The highest BCUT2D eigenvalue weighted by Crippen LogP contribution is 2.35. The lowest BCUT2D eigenvalue weighted by atomic mass is 9.99. The number of nitrogens with one attached hydrogen (secondary N) is 1. The van der Waals surface area contributed by atoms with Crippen molar-refractivity contribution in [3.8, 4) is 5.75 Å². The zero-order valence-electron chi connectivity index (χ0n) is 17.3. The van der Waals surface area contributed by atoms with Gasteiger partial charge in [-0.3, -0.25) is 9.10 Å². The van der Waals surface area contributed by atoms with E-state index in [4.69, 9.17) is 4.74 Å². The molecule has 1 amide bonds. The fourth-order valence-electron chi connectivity index (χ4n) is 3.43. The second kappa shape index (κ2) is 8.45. The fraction of sp³-hybridized carbons (Fsp3) is 0.409. The molecule has 6 nitrogen and oxygen atoms in total. The zero-order valence-corrected chi connectivity index (χ0v) is 18.1. The molecular formula is C22H28N2O4S. The van der Waals surface area contributed by atoms with Gasteiger partial charge in [0.05, 0.1) is 24.0 Å². The van der Waals surface area contributed by atoms with E-state index in [1.54, 1.807) is 31.2 Å². The highest BCUT2D eigenvalue weighted by molar-refractivity contribution is 7.92. The molecule has 29 heavy (non-hydrogen) atoms. The standard InChI is InChI=1S/C22H28N2O4S/c1-5-18(17-12-11-15(3)16(4)13-17)23-22(25)21-14-24(29(26,27)6-2)19-9-7-8-10-20(19)28-21/h7-13,18,21H,5-6,14H2,1-4H3,(H,23,25)/t18-,21-/m0/s1. The molecule has 0 saturated carbocycles. The number of benzene rings is 2. The molecule has 1 N–H and O–H groups in total. The van der Waals surface area contributed by atoms with E-state index in [0.717, 1.165) is 5.56 Å². The Bertz CT molecular complexity index is 1000. The van der Waals surface area contributed by atoms with E-state index in [1.165, 1.54) is 15.4 Å². The Morgan fingerprint density at radius 3 is 2.55 bits per heavy atom. The SMILES string of the molecule is CC[C@H](NC(=O)[C@@H]1CN(S(=O)(=O)CC)c2ccccc2O1)c1ccc(C)c(C)c1. The van der Waals surface area contributed by atoms with Crippen LogP contribution in [0.3, 0.4) is 0 Å². The molecule has 0 radical (unpaired) electrons. The van der Waals surface area contributed by atoms with Crippen LogP contribution in [-0.4, -0.2) is 32.7 Å². The van der Waals surface area contributed by atoms with Crippen LogP contribution >= 0.6 is 0 Å². The largest absolute Gasteiger partial charge is 0.476 e. The monoisotopic (exact) mass is 416 g/mol. The van der Waals surface area contributed by atoms with Crippen LogP contribution < -0.4 is 14.4 Å². The van der Waals surface area contributed by atoms with Crippen molar-refractivity contribution in [1.29, 1.82) is 0 Å². The van der Waals surface area contributed by atoms with Crippen LogP contribution in [0.15, 0.2) is 42.5 Å². The van der Waals surface area contributed by atoms with Crippen LogP contribution in [-0.2, 0) is 14.8 Å². The molecule has 0 spiro atoms. The lowest BCUT2D eigenvalue weighted by Crippen LogP contribution is -2.51. The predicted molar refractivity (Wildman–Crippen MR) is 115 cm³/mol. The van der Waals surface area contributed by atoms with Gasteiger partial charge in [-0.15, -0.1) is 0 Å². The third-order valence-corrected chi connectivity index (χ3v) is 7.13. The van der Waals surface area contributed by atoms with Gasteiger partial charge in [0.25, 0.3) is 5.91 Å². The molecule has 0 aromatic heterocycles. The van der Waals surface area contributed by atoms with Gasteiger partial charge >= 0.3 is 0 Å². The topological polar surface area (TPSA) is 75.7 Å². The number of ether oxygens (including phenoxy) is 1. The highest BCUT2D eigenvalue weighted by atomic mass is 32.2. The quantitative estimate of drug-likeness (QED) is 0.782. The second-order valence-electron chi connectivity index (χ2n) is 7.32. The van der Waals surface area contributed by atoms with Gasteiger partial charge in [0.2, 0.25) is 10.0 Å². The zero-order chi connectivity index (χ0) is 21.2. The number of para-hydroxylation sites is 2. The molecular weight excluding hydrogens is 388 g/mol. The average Bonchev–Trinajstić information content (AvgIpc) is 2.73. The summed E-state index contributed by atoms with van der Waals surface area (Å²) in [5.41, 5.74) is 3.86. The maximum Gasteiger partial charge on any atom is 0.263 e. The number of rotatable bonds is 6. The summed E-state index contributed by atoms with van der Waals surface area (Å²) in [4.78, 5) is 13.0. The first kappa shape index (κ1) is 21.2. The van der Waals surface area contributed by atoms with Crippen molar-refractivity contribution in [2.75, 3.05) is 16.6 Å². The molecule has 1 aliphatic heterocycles. The first-order valence-corrected chi connectivity index (χ1v) is 11.5. The molecule has 2 aromatic rings. The first-order chi connectivity index (χ1) is 13.8. The van der Waals surface area contributed by atoms with E-state index < -0.39 is 16.1 Å². The van der Waals surface area contributed by atoms with Crippen molar-refractivity contribution >= 4 is 21.6 Å². The number of carbonyl (C=O) groups excluding carboxylic acids is 1. The van der Waals surface area contributed by atoms with E-state index >= 15 is 0 Å². The third-order valence-electron chi connectivity index (χ3n) is 5.39. The molecule has 0 fully saturated rings. The second-order valence-corrected chi connectivity index (χ2v) is 9.50. The predicted octanol–water partition coefficient (Wildman–Crippen LogP) is 3.49. The van der Waals surface area contributed by atoms with Crippen molar-refractivity contribution in [2.45, 2.75) is 46.3 Å². The minimum Gasteiger partial charge on any atom is -0.476 e. The lowest BCUT2D eigenvalue weighted by Gasteiger charge is -2.35. The average molecular weight is 417 g/mol. The van der Waals surface area contributed by atoms with Crippen LogP contribution in [0.1, 0.15) is 43.0 Å². The van der Waals surface area contributed by atoms with E-state index in [9.17, 15) is 13.2 Å². The van der Waals surface area contributed by atoms with E-state index in [1.807, 2.05) is 26.0 Å². The number of anilines is 1. The molecule has 0 saturated heterocycles. The van der Waals surface area contributed by atoms with Gasteiger partial charge in [0, 0.05) is 0 Å². The number of sulfonamides is 1. The van der Waals surface area contributed by atoms with E-state index in [2.05, 4.69) is 18.3 Å². The summed E-state index contributed by atoms with van der Waals surface area (Å²) >= 11 is 0. The van der Waals surface area contributed by atoms with Crippen LogP contribution in [0.5, 0.6) is 5.75 Å². The number of aryl methyl sites for hydroxylation is 2. The molecule has 2 aromatic carbocycles. The summed E-state index contributed by atoms with van der Waals surface area (Å²) in [5.74, 6) is 0.0339. The maximum absolute atomic E-state index is 13.0. The Hall–Kier alpha value is -2.54. The normalized spacial score (nSPS) is 17.2. The minimum atomic E-state index is -3.52. The van der Waals surface area contributed by atoms with Gasteiger partial charge in [-0.1, -0.05) is 37.3 Å². The van der Waals surface area contributed by atoms with Gasteiger partial charge in [-0.25, -0.2) is 8.42 Å². The summed E-state index contributed by atoms with van der Waals surface area (Å²) in [6.45, 7) is 7.65. The number of fused-ring (bicyclic) bond motifs is 1. The van der Waals surface area contributed by atoms with Crippen molar-refractivity contribution in [1.82, 2.24) is 5.32 Å². The Morgan fingerprint density at radius 2 is 1.90 bits per heavy atom. The summed E-state index contributed by atoms with van der Waals surface area (Å²) in [6, 6.07) is 12.9. The van der Waals surface area contributed by atoms with Gasteiger partial charge in [0.1, 0.15) is 5.75 Å². The van der Waals surface area contributed by atoms with Gasteiger partial charge in [-0.05, 0) is 56.0 Å². The molecule has 3 rings (SSSR count). The molecule has 2 atom stereocenters. The van der Waals surface area contributed by atoms with Crippen LogP contribution in [0.25, 0.3) is 0 Å². The van der Waals surface area contributed by atoms with Crippen molar-refractivity contribution in [3.05, 3.63) is 59.2 Å². The molecule has 1 aliphatic rings. The molecule has 0 bridgehead atoms. The molecule has 156 valence electrons. The van der Waals surface area contributed by atoms with Crippen molar-refractivity contribution in [3.63, 3.8) is 0 Å². The molecule has 0 aliphatic carbocycles. The Balaban J connectivity index is 1.84. The van der Waals surface area contributed by atoms with E-state index in [-0.39, 0.29) is 24.2 Å². The Kier molecular flexibility index (Phi) is 6.17. The summed E-state index contributed by atoms with van der Waals surface area (Å²) in [5, 5.41) is 3.03. The lowest BCUT2D eigenvalue weighted by molar-refractivity contribution is -0.128. The van der Waals surface area contributed by atoms with Crippen LogP contribution in [0, 0.1) is 13.8 Å². The van der Waals surface area contributed by atoms with Crippen LogP contribution in [0.2, 0.25) is 0 Å². The Morgan fingerprint density at radius 1 is 1.17 bits per heavy atom. The number of hydrogen-bond acceptors (Lipinski definition) is 4. The maximum atomic E-state index is 13.0. The number of nitrogens with zero attached hydrogens (tertiary/aromatic N) is 1. The van der Waals surface area contributed by atoms with E-state index in [0.29, 0.717) is 17.9 Å². The van der Waals surface area contributed by atoms with Gasteiger partial charge in [0.15, 0.2) is 6.10 Å². The highest BCUT2D eigenvalue weighted by Gasteiger charge is 2.36. The minimum absolute atomic E-state index is 0.0393.